The molecule has 3 atom stereocenters. The lowest BCUT2D eigenvalue weighted by atomic mass is 10.00. The lowest BCUT2D eigenvalue weighted by Crippen LogP contribution is -2.42. The minimum atomic E-state index is -0.507. The van der Waals surface area contributed by atoms with Crippen molar-refractivity contribution in [2.24, 2.45) is 10.8 Å². The molecule has 132 valence electrons. The number of pyridine rings is 2. The highest BCUT2D eigenvalue weighted by molar-refractivity contribution is 5.75. The van der Waals surface area contributed by atoms with Crippen molar-refractivity contribution in [2.75, 3.05) is 13.7 Å². The van der Waals surface area contributed by atoms with Crippen molar-refractivity contribution < 1.29 is 9.47 Å². The summed E-state index contributed by atoms with van der Waals surface area (Å²) in [6.45, 7) is 0.622. The van der Waals surface area contributed by atoms with E-state index in [2.05, 4.69) is 15.0 Å². The van der Waals surface area contributed by atoms with Gasteiger partial charge in [-0.3, -0.25) is 9.78 Å². The highest BCUT2D eigenvalue weighted by Crippen LogP contribution is 2.21. The Balaban J connectivity index is 1.97. The average Bonchev–Trinajstić information content (AvgIpc) is 2.63. The monoisotopic (exact) mass is 344 g/mol. The van der Waals surface area contributed by atoms with Crippen LogP contribution in [0.2, 0.25) is 0 Å². The second-order valence-electron chi connectivity index (χ2n) is 6.04. The van der Waals surface area contributed by atoms with Gasteiger partial charge in [0.15, 0.2) is 0 Å². The van der Waals surface area contributed by atoms with Crippen LogP contribution in [0, 0.1) is 0 Å². The predicted molar refractivity (Wildman–Crippen MR) is 92.4 cm³/mol. The van der Waals surface area contributed by atoms with E-state index in [9.17, 15) is 4.79 Å². The highest BCUT2D eigenvalue weighted by atomic mass is 16.5. The summed E-state index contributed by atoms with van der Waals surface area (Å²) in [5.41, 5.74) is 15.8. The molecule has 9 heteroatoms. The smallest absolute Gasteiger partial charge is 0.251 e. The van der Waals surface area contributed by atoms with E-state index in [4.69, 9.17) is 20.7 Å². The predicted octanol–water partition coefficient (Wildman–Crippen LogP) is 1.59. The summed E-state index contributed by atoms with van der Waals surface area (Å²) in [6.07, 6.45) is 2.80. The van der Waals surface area contributed by atoms with Crippen LogP contribution in [0.25, 0.3) is 21.5 Å². The van der Waals surface area contributed by atoms with Crippen molar-refractivity contribution in [1.29, 1.82) is 0 Å². The van der Waals surface area contributed by atoms with Crippen LogP contribution in [0.15, 0.2) is 34.3 Å². The molecule has 2 N–H and O–H groups in total. The Kier molecular flexibility index (Phi) is 5.18. The van der Waals surface area contributed by atoms with Gasteiger partial charge in [0.2, 0.25) is 0 Å². The lowest BCUT2D eigenvalue weighted by Gasteiger charge is -2.31. The summed E-state index contributed by atoms with van der Waals surface area (Å²) in [7, 11) is 1.54. The molecule has 1 aliphatic heterocycles. The molecule has 2 aromatic rings. The quantitative estimate of drug-likeness (QED) is 0.500. The number of methoxy groups -OCH3 is 1. The van der Waals surface area contributed by atoms with Gasteiger partial charge in [0.25, 0.3) is 5.56 Å². The summed E-state index contributed by atoms with van der Waals surface area (Å²) in [5, 5.41) is 3.86. The summed E-state index contributed by atoms with van der Waals surface area (Å²) in [4.78, 5) is 19.6. The number of nitrogens with zero attached hydrogens (tertiary/aromatic N) is 5. The van der Waals surface area contributed by atoms with Gasteiger partial charge < -0.3 is 19.8 Å². The molecule has 0 bridgehead atoms. The van der Waals surface area contributed by atoms with Crippen LogP contribution in [-0.2, 0) is 11.3 Å². The molecule has 0 radical (unpaired) electrons. The minimum absolute atomic E-state index is 0.00305. The number of ether oxygens (including phenoxy) is 2. The van der Waals surface area contributed by atoms with Crippen LogP contribution in [0.4, 0.5) is 0 Å². The zero-order valence-corrected chi connectivity index (χ0v) is 13.9. The van der Waals surface area contributed by atoms with Gasteiger partial charge in [-0.05, 0) is 24.4 Å². The zero-order chi connectivity index (χ0) is 17.8. The molecule has 9 nitrogen and oxygen atoms in total. The van der Waals surface area contributed by atoms with E-state index in [1.807, 2.05) is 0 Å². The first-order chi connectivity index (χ1) is 12.1. The van der Waals surface area contributed by atoms with Crippen LogP contribution in [0.3, 0.4) is 0 Å². The van der Waals surface area contributed by atoms with Gasteiger partial charge in [0.1, 0.15) is 5.75 Å². The number of nitrogens with two attached hydrogens (primary N) is 1. The van der Waals surface area contributed by atoms with Crippen molar-refractivity contribution in [3.8, 4) is 5.75 Å². The van der Waals surface area contributed by atoms with E-state index in [1.54, 1.807) is 22.9 Å². The Morgan fingerprint density at radius 3 is 3.08 bits per heavy atom. The SMILES string of the molecule is COc1cnc2ccc(=O)n(C[C@H](N=[N+]=[N-])[C@@H]3CC[C@@H](N)CO3)c2c1. The summed E-state index contributed by atoms with van der Waals surface area (Å²) in [5.74, 6) is 0.548. The van der Waals surface area contributed by atoms with Gasteiger partial charge in [-0.1, -0.05) is 5.11 Å². The minimum Gasteiger partial charge on any atom is -0.495 e. The maximum Gasteiger partial charge on any atom is 0.251 e. The van der Waals surface area contributed by atoms with Crippen LogP contribution < -0.4 is 16.0 Å². The van der Waals surface area contributed by atoms with Gasteiger partial charge in [-0.25, -0.2) is 0 Å². The average molecular weight is 344 g/mol. The van der Waals surface area contributed by atoms with Gasteiger partial charge in [-0.2, -0.15) is 0 Å². The number of hydrogen-bond donors (Lipinski definition) is 1. The number of rotatable bonds is 5. The molecule has 0 saturated carbocycles. The maximum atomic E-state index is 12.4. The molecule has 0 unspecified atom stereocenters. The molecule has 1 saturated heterocycles. The van der Waals surface area contributed by atoms with Crippen molar-refractivity contribution in [3.05, 3.63) is 45.2 Å². The van der Waals surface area contributed by atoms with E-state index < -0.39 is 6.04 Å². The molecule has 0 aliphatic carbocycles. The van der Waals surface area contributed by atoms with E-state index in [1.165, 1.54) is 13.2 Å². The molecule has 3 heterocycles. The first kappa shape index (κ1) is 17.2. The number of azide groups is 1. The molecule has 0 spiro atoms. The van der Waals surface area contributed by atoms with Crippen LogP contribution >= 0.6 is 0 Å². The molecular weight excluding hydrogens is 324 g/mol. The van der Waals surface area contributed by atoms with Crippen LogP contribution in [-0.4, -0.2) is 41.5 Å². The molecular formula is C16H20N6O3. The summed E-state index contributed by atoms with van der Waals surface area (Å²) >= 11 is 0. The first-order valence-corrected chi connectivity index (χ1v) is 8.07. The van der Waals surface area contributed by atoms with Gasteiger partial charge in [0.05, 0.1) is 43.1 Å². The molecule has 1 aliphatic rings. The van der Waals surface area contributed by atoms with Gasteiger partial charge >= 0.3 is 0 Å². The molecule has 0 aromatic carbocycles. The Morgan fingerprint density at radius 2 is 2.40 bits per heavy atom. The third-order valence-electron chi connectivity index (χ3n) is 4.39. The Hall–Kier alpha value is -2.61. The fourth-order valence-corrected chi connectivity index (χ4v) is 3.03. The van der Waals surface area contributed by atoms with E-state index in [0.29, 0.717) is 29.8 Å². The molecule has 2 aromatic heterocycles. The van der Waals surface area contributed by atoms with E-state index in [0.717, 1.165) is 6.42 Å². The zero-order valence-electron chi connectivity index (χ0n) is 13.9. The number of aromatic nitrogens is 2. The molecule has 0 amide bonds. The van der Waals surface area contributed by atoms with Crippen LogP contribution in [0.1, 0.15) is 12.8 Å². The fraction of sp³-hybridized carbons (Fsp3) is 0.500. The normalized spacial score (nSPS) is 21.5. The van der Waals surface area contributed by atoms with Gasteiger partial charge in [-0.15, -0.1) is 0 Å². The van der Waals surface area contributed by atoms with Crippen molar-refractivity contribution >= 4 is 11.0 Å². The van der Waals surface area contributed by atoms with Crippen molar-refractivity contribution in [1.82, 2.24) is 9.55 Å². The van der Waals surface area contributed by atoms with Crippen LogP contribution in [0.5, 0.6) is 5.75 Å². The number of fused-ring (bicyclic) bond motifs is 1. The highest BCUT2D eigenvalue weighted by Gasteiger charge is 2.27. The lowest BCUT2D eigenvalue weighted by molar-refractivity contribution is -0.0119. The standard InChI is InChI=1S/C16H20N6O3/c1-24-11-6-14-12(19-7-11)3-5-16(23)22(14)8-13(20-21-18)15-4-2-10(17)9-25-15/h3,5-7,10,13,15H,2,4,8-9,17H2,1H3/t10-,13+,15+/m1/s1. The second kappa shape index (κ2) is 7.52. The topological polar surface area (TPSA) is 128 Å². The molecule has 1 fully saturated rings. The number of hydrogen-bond acceptors (Lipinski definition) is 6. The Labute approximate surface area is 144 Å². The molecule has 3 rings (SSSR count). The van der Waals surface area contributed by atoms with Crippen molar-refractivity contribution in [3.63, 3.8) is 0 Å². The van der Waals surface area contributed by atoms with Crippen molar-refractivity contribution in [2.45, 2.75) is 37.6 Å². The van der Waals surface area contributed by atoms with E-state index in [-0.39, 0.29) is 24.2 Å². The summed E-state index contributed by atoms with van der Waals surface area (Å²) in [6, 6.07) is 4.34. The van der Waals surface area contributed by atoms with Gasteiger partial charge in [0, 0.05) is 29.6 Å². The summed E-state index contributed by atoms with van der Waals surface area (Å²) < 4.78 is 12.5. The second-order valence-corrected chi connectivity index (χ2v) is 6.04. The Morgan fingerprint density at radius 1 is 1.56 bits per heavy atom. The largest absolute Gasteiger partial charge is 0.495 e. The Bertz CT molecular complexity index is 853. The molecule has 25 heavy (non-hydrogen) atoms. The van der Waals surface area contributed by atoms with E-state index >= 15 is 0 Å². The third kappa shape index (κ3) is 3.74. The fourth-order valence-electron chi connectivity index (χ4n) is 3.03. The maximum absolute atomic E-state index is 12.4. The third-order valence-corrected chi connectivity index (χ3v) is 4.39. The first-order valence-electron chi connectivity index (χ1n) is 8.07.